The van der Waals surface area contributed by atoms with Crippen LogP contribution in [0.2, 0.25) is 0 Å². The fraction of sp³-hybridized carbons (Fsp3) is 0.750. The van der Waals surface area contributed by atoms with Crippen LogP contribution in [0.3, 0.4) is 0 Å². The lowest BCUT2D eigenvalue weighted by Crippen LogP contribution is -2.34. The Bertz CT molecular complexity index is 397. The molecular weight excluding hydrogens is 232 g/mol. The summed E-state index contributed by atoms with van der Waals surface area (Å²) in [7, 11) is 0. The third-order valence-electron chi connectivity index (χ3n) is 3.18. The first-order chi connectivity index (χ1) is 8.72. The van der Waals surface area contributed by atoms with Crippen LogP contribution in [0.1, 0.15) is 50.2 Å². The molecule has 1 aliphatic carbocycles. The van der Waals surface area contributed by atoms with Gasteiger partial charge in [-0.1, -0.05) is 18.9 Å². The molecule has 0 aliphatic heterocycles. The summed E-state index contributed by atoms with van der Waals surface area (Å²) >= 11 is 0. The molecule has 100 valence electrons. The molecule has 2 rings (SSSR count). The fourth-order valence-electron chi connectivity index (χ4n) is 1.68. The van der Waals surface area contributed by atoms with Crippen molar-refractivity contribution >= 4 is 11.9 Å². The molecule has 1 saturated carbocycles. The van der Waals surface area contributed by atoms with Crippen LogP contribution < -0.4 is 10.6 Å². The topological polar surface area (TPSA) is 80.0 Å². The Morgan fingerprint density at radius 1 is 1.39 bits per heavy atom. The highest BCUT2D eigenvalue weighted by Crippen LogP contribution is 2.28. The molecule has 1 aromatic heterocycles. The van der Waals surface area contributed by atoms with E-state index in [4.69, 9.17) is 4.42 Å². The van der Waals surface area contributed by atoms with E-state index in [1.807, 2.05) is 13.8 Å². The van der Waals surface area contributed by atoms with Crippen molar-refractivity contribution in [3.05, 3.63) is 5.89 Å². The van der Waals surface area contributed by atoms with Crippen molar-refractivity contribution in [3.63, 3.8) is 0 Å². The van der Waals surface area contributed by atoms with E-state index in [-0.39, 0.29) is 17.8 Å². The Hall–Kier alpha value is -1.59. The molecule has 0 aromatic carbocycles. The van der Waals surface area contributed by atoms with Gasteiger partial charge in [-0.2, -0.15) is 0 Å². The van der Waals surface area contributed by atoms with E-state index in [0.29, 0.717) is 6.01 Å². The van der Waals surface area contributed by atoms with Crippen molar-refractivity contribution in [3.8, 4) is 0 Å². The highest BCUT2D eigenvalue weighted by atomic mass is 16.4. The lowest BCUT2D eigenvalue weighted by atomic mass is 10.2. The van der Waals surface area contributed by atoms with Gasteiger partial charge in [0.1, 0.15) is 0 Å². The van der Waals surface area contributed by atoms with Gasteiger partial charge in [0, 0.05) is 12.6 Å². The Morgan fingerprint density at radius 3 is 2.72 bits per heavy atom. The van der Waals surface area contributed by atoms with E-state index >= 15 is 0 Å². The van der Waals surface area contributed by atoms with E-state index in [1.54, 1.807) is 0 Å². The third-order valence-corrected chi connectivity index (χ3v) is 3.18. The predicted molar refractivity (Wildman–Crippen MR) is 67.3 cm³/mol. The quantitative estimate of drug-likeness (QED) is 0.773. The van der Waals surface area contributed by atoms with Gasteiger partial charge in [0.25, 0.3) is 0 Å². The summed E-state index contributed by atoms with van der Waals surface area (Å²) in [5, 5.41) is 13.5. The van der Waals surface area contributed by atoms with Gasteiger partial charge in [-0.15, -0.1) is 5.10 Å². The first kappa shape index (κ1) is 12.9. The molecule has 0 radical (unpaired) electrons. The van der Waals surface area contributed by atoms with Crippen LogP contribution >= 0.6 is 0 Å². The van der Waals surface area contributed by atoms with Gasteiger partial charge in [0.2, 0.25) is 0 Å². The van der Waals surface area contributed by atoms with Crippen molar-refractivity contribution in [2.45, 2.75) is 45.6 Å². The first-order valence-electron chi connectivity index (χ1n) is 6.61. The molecule has 0 atom stereocenters. The van der Waals surface area contributed by atoms with E-state index in [2.05, 4.69) is 20.8 Å². The Kier molecular flexibility index (Phi) is 4.17. The lowest BCUT2D eigenvalue weighted by Gasteiger charge is -2.12. The van der Waals surface area contributed by atoms with Gasteiger partial charge in [-0.25, -0.2) is 0 Å². The van der Waals surface area contributed by atoms with Gasteiger partial charge < -0.3 is 15.1 Å². The number of rotatable bonds is 7. The first-order valence-corrected chi connectivity index (χ1v) is 6.61. The molecule has 1 aliphatic rings. The summed E-state index contributed by atoms with van der Waals surface area (Å²) in [6.45, 7) is 4.91. The second-order valence-electron chi connectivity index (χ2n) is 4.72. The monoisotopic (exact) mass is 252 g/mol. The predicted octanol–water partition coefficient (Wildman–Crippen LogP) is 1.81. The zero-order valence-electron chi connectivity index (χ0n) is 10.9. The smallest absolute Gasteiger partial charge is 0.315 e. The number of carbonyl (C=O) groups excluding carboxylic acids is 1. The van der Waals surface area contributed by atoms with Gasteiger partial charge in [-0.05, 0) is 31.6 Å². The molecule has 2 N–H and O–H groups in total. The molecule has 1 amide bonds. The van der Waals surface area contributed by atoms with Gasteiger partial charge in [0.05, 0.1) is 0 Å². The van der Waals surface area contributed by atoms with E-state index in [9.17, 15) is 4.79 Å². The minimum Gasteiger partial charge on any atom is -0.399 e. The molecule has 18 heavy (non-hydrogen) atoms. The van der Waals surface area contributed by atoms with Crippen LogP contribution in [0.5, 0.6) is 0 Å². The summed E-state index contributed by atoms with van der Waals surface area (Å²) < 4.78 is 5.27. The second-order valence-corrected chi connectivity index (χ2v) is 4.72. The van der Waals surface area contributed by atoms with Crippen molar-refractivity contribution in [1.82, 2.24) is 15.5 Å². The molecule has 0 saturated heterocycles. The lowest BCUT2D eigenvalue weighted by molar-refractivity contribution is 0.0900. The normalized spacial score (nSPS) is 14.8. The van der Waals surface area contributed by atoms with E-state index < -0.39 is 0 Å². The van der Waals surface area contributed by atoms with E-state index in [0.717, 1.165) is 25.3 Å². The number of hydrogen-bond acceptors (Lipinski definition) is 5. The van der Waals surface area contributed by atoms with Crippen molar-refractivity contribution in [2.24, 2.45) is 5.92 Å². The van der Waals surface area contributed by atoms with Crippen molar-refractivity contribution in [1.29, 1.82) is 0 Å². The molecule has 1 heterocycles. The second kappa shape index (κ2) is 5.84. The van der Waals surface area contributed by atoms with Crippen LogP contribution in [-0.4, -0.2) is 28.7 Å². The Balaban J connectivity index is 1.85. The fourth-order valence-corrected chi connectivity index (χ4v) is 1.68. The highest BCUT2D eigenvalue weighted by molar-refractivity contribution is 5.89. The number of amides is 1. The zero-order valence-corrected chi connectivity index (χ0v) is 10.9. The maximum atomic E-state index is 11.8. The average molecular weight is 252 g/mol. The summed E-state index contributed by atoms with van der Waals surface area (Å²) in [6, 6.07) is 0.490. The summed E-state index contributed by atoms with van der Waals surface area (Å²) in [4.78, 5) is 11.8. The Labute approximate surface area is 107 Å². The summed E-state index contributed by atoms with van der Waals surface area (Å²) in [5.74, 6) is 0.453. The number of nitrogens with zero attached hydrogens (tertiary/aromatic N) is 2. The molecule has 1 aromatic rings. The number of nitrogens with one attached hydrogen (secondary N) is 2. The Morgan fingerprint density at radius 2 is 2.11 bits per heavy atom. The molecule has 0 unspecified atom stereocenters. The van der Waals surface area contributed by atoms with Crippen LogP contribution in [0.15, 0.2) is 4.42 Å². The van der Waals surface area contributed by atoms with E-state index in [1.165, 1.54) is 12.8 Å². The van der Waals surface area contributed by atoms with Crippen molar-refractivity contribution < 1.29 is 9.21 Å². The summed E-state index contributed by atoms with van der Waals surface area (Å²) in [6.07, 6.45) is 4.29. The van der Waals surface area contributed by atoms with Gasteiger partial charge >= 0.3 is 17.8 Å². The van der Waals surface area contributed by atoms with Crippen LogP contribution in [0.25, 0.3) is 0 Å². The molecule has 6 heteroatoms. The molecule has 0 spiro atoms. The third kappa shape index (κ3) is 3.45. The number of anilines is 1. The highest BCUT2D eigenvalue weighted by Gasteiger charge is 2.22. The van der Waals surface area contributed by atoms with Gasteiger partial charge in [-0.3, -0.25) is 4.79 Å². The maximum Gasteiger partial charge on any atom is 0.315 e. The summed E-state index contributed by atoms with van der Waals surface area (Å²) in [5.41, 5.74) is 0. The number of aromatic nitrogens is 2. The standard InChI is InChI=1S/C12H20N4O2/c1-3-9(4-2)14-10(17)11-15-16-12(18-11)13-7-8-5-6-8/h8-9H,3-7H2,1-2H3,(H,13,16)(H,14,17). The SMILES string of the molecule is CCC(CC)NC(=O)c1nnc(NCC2CC2)o1. The van der Waals surface area contributed by atoms with Gasteiger partial charge in [0.15, 0.2) is 0 Å². The number of carbonyl (C=O) groups is 1. The maximum absolute atomic E-state index is 11.8. The zero-order chi connectivity index (χ0) is 13.0. The molecule has 1 fully saturated rings. The van der Waals surface area contributed by atoms with Crippen LogP contribution in [0.4, 0.5) is 6.01 Å². The number of hydrogen-bond donors (Lipinski definition) is 2. The molecular formula is C12H20N4O2. The van der Waals surface area contributed by atoms with Crippen LogP contribution in [0, 0.1) is 5.92 Å². The minimum atomic E-state index is -0.296. The molecule has 0 bridgehead atoms. The largest absolute Gasteiger partial charge is 0.399 e. The molecule has 6 nitrogen and oxygen atoms in total. The van der Waals surface area contributed by atoms with Crippen molar-refractivity contribution in [2.75, 3.05) is 11.9 Å². The van der Waals surface area contributed by atoms with Crippen LogP contribution in [-0.2, 0) is 0 Å². The minimum absolute atomic E-state index is 0.0280. The average Bonchev–Trinajstić information content (AvgIpc) is 3.10.